The average molecular weight is 268 g/mol. The quantitative estimate of drug-likeness (QED) is 0.859. The number of halogens is 2. The van der Waals surface area contributed by atoms with Crippen molar-refractivity contribution in [3.05, 3.63) is 47.2 Å². The highest BCUT2D eigenvalue weighted by atomic mass is 35.5. The summed E-state index contributed by atoms with van der Waals surface area (Å²) in [6.45, 7) is 0. The molecule has 0 heterocycles. The molecule has 0 fully saturated rings. The van der Waals surface area contributed by atoms with Crippen molar-refractivity contribution in [2.75, 3.05) is 12.8 Å². The van der Waals surface area contributed by atoms with E-state index in [0.29, 0.717) is 17.2 Å². The molecule has 0 bridgehead atoms. The van der Waals surface area contributed by atoms with E-state index in [-0.39, 0.29) is 10.7 Å². The van der Waals surface area contributed by atoms with Gasteiger partial charge in [-0.2, -0.15) is 0 Å². The summed E-state index contributed by atoms with van der Waals surface area (Å²) in [7, 11) is 1.56. The Hall–Kier alpha value is -1.94. The number of hydrogen-bond acceptors (Lipinski definition) is 3. The molecule has 0 aromatic heterocycles. The topological polar surface area (TPSA) is 44.5 Å². The molecule has 2 rings (SSSR count). The van der Waals surface area contributed by atoms with E-state index < -0.39 is 5.82 Å². The number of nitrogens with two attached hydrogens (primary N) is 1. The molecule has 0 saturated heterocycles. The first-order chi connectivity index (χ1) is 8.60. The molecule has 2 aromatic rings. The van der Waals surface area contributed by atoms with Crippen molar-refractivity contribution in [1.29, 1.82) is 0 Å². The second-order valence-electron chi connectivity index (χ2n) is 3.59. The van der Waals surface area contributed by atoms with E-state index in [9.17, 15) is 4.39 Å². The van der Waals surface area contributed by atoms with Gasteiger partial charge in [0.15, 0.2) is 5.75 Å². The molecule has 5 heteroatoms. The highest BCUT2D eigenvalue weighted by Crippen LogP contribution is 2.33. The van der Waals surface area contributed by atoms with Crippen LogP contribution in [0.1, 0.15) is 0 Å². The number of nitrogen functional groups attached to an aromatic ring is 1. The van der Waals surface area contributed by atoms with Crippen molar-refractivity contribution < 1.29 is 13.9 Å². The number of ether oxygens (including phenoxy) is 2. The van der Waals surface area contributed by atoms with E-state index in [1.807, 2.05) is 0 Å². The van der Waals surface area contributed by atoms with Crippen molar-refractivity contribution in [3.63, 3.8) is 0 Å². The number of anilines is 1. The fourth-order valence-electron chi connectivity index (χ4n) is 1.42. The highest BCUT2D eigenvalue weighted by molar-refractivity contribution is 6.31. The average Bonchev–Trinajstić information content (AvgIpc) is 2.36. The molecule has 0 spiro atoms. The van der Waals surface area contributed by atoms with Gasteiger partial charge in [0.2, 0.25) is 0 Å². The molecule has 0 aliphatic heterocycles. The van der Waals surface area contributed by atoms with Gasteiger partial charge in [0.1, 0.15) is 17.3 Å². The van der Waals surface area contributed by atoms with Crippen LogP contribution in [0.3, 0.4) is 0 Å². The molecule has 0 amide bonds. The fourth-order valence-corrected chi connectivity index (χ4v) is 1.58. The minimum atomic E-state index is -0.577. The zero-order chi connectivity index (χ0) is 13.1. The van der Waals surface area contributed by atoms with E-state index >= 15 is 0 Å². The van der Waals surface area contributed by atoms with Crippen LogP contribution in [0.4, 0.5) is 10.1 Å². The van der Waals surface area contributed by atoms with Crippen molar-refractivity contribution in [2.24, 2.45) is 0 Å². The molecule has 0 radical (unpaired) electrons. The van der Waals surface area contributed by atoms with Gasteiger partial charge in [-0.15, -0.1) is 0 Å². The summed E-state index contributed by atoms with van der Waals surface area (Å²) >= 11 is 5.68. The number of hydrogen-bond donors (Lipinski definition) is 1. The molecular formula is C13H11ClFNO2. The zero-order valence-corrected chi connectivity index (χ0v) is 10.4. The van der Waals surface area contributed by atoms with Crippen LogP contribution in [-0.2, 0) is 0 Å². The molecule has 2 aromatic carbocycles. The predicted molar refractivity (Wildman–Crippen MR) is 68.9 cm³/mol. The number of methoxy groups -OCH3 is 1. The first kappa shape index (κ1) is 12.5. The molecule has 0 atom stereocenters. The van der Waals surface area contributed by atoms with Crippen molar-refractivity contribution >= 4 is 17.3 Å². The van der Waals surface area contributed by atoms with E-state index in [1.54, 1.807) is 31.4 Å². The van der Waals surface area contributed by atoms with Gasteiger partial charge in [0, 0.05) is 18.2 Å². The third-order valence-corrected chi connectivity index (χ3v) is 2.61. The smallest absolute Gasteiger partial charge is 0.152 e. The maximum absolute atomic E-state index is 13.1. The van der Waals surface area contributed by atoms with Gasteiger partial charge in [-0.25, -0.2) is 4.39 Å². The Balaban J connectivity index is 2.30. The summed E-state index contributed by atoms with van der Waals surface area (Å²) in [6, 6.07) is 9.45. The minimum absolute atomic E-state index is 0.0397. The van der Waals surface area contributed by atoms with Gasteiger partial charge in [-0.3, -0.25) is 0 Å². The van der Waals surface area contributed by atoms with Gasteiger partial charge in [-0.1, -0.05) is 17.7 Å². The second kappa shape index (κ2) is 5.14. The van der Waals surface area contributed by atoms with Crippen molar-refractivity contribution in [3.8, 4) is 17.2 Å². The maximum Gasteiger partial charge on any atom is 0.152 e. The molecule has 94 valence electrons. The van der Waals surface area contributed by atoms with Crippen molar-refractivity contribution in [2.45, 2.75) is 0 Å². The Labute approximate surface area is 109 Å². The minimum Gasteiger partial charge on any atom is -0.497 e. The lowest BCUT2D eigenvalue weighted by molar-refractivity contribution is 0.409. The highest BCUT2D eigenvalue weighted by Gasteiger charge is 2.08. The molecule has 0 unspecified atom stereocenters. The van der Waals surface area contributed by atoms with Crippen LogP contribution in [0.25, 0.3) is 0 Å². The normalized spacial score (nSPS) is 10.2. The first-order valence-electron chi connectivity index (χ1n) is 5.16. The SMILES string of the molecule is COc1cccc(Oc2cc(Cl)c(F)cc2N)c1. The molecule has 2 N–H and O–H groups in total. The van der Waals surface area contributed by atoms with Crippen LogP contribution < -0.4 is 15.2 Å². The van der Waals surface area contributed by atoms with E-state index in [0.717, 1.165) is 6.07 Å². The maximum atomic E-state index is 13.1. The lowest BCUT2D eigenvalue weighted by atomic mass is 10.3. The zero-order valence-electron chi connectivity index (χ0n) is 9.61. The first-order valence-corrected chi connectivity index (χ1v) is 5.54. The Morgan fingerprint density at radius 2 is 1.89 bits per heavy atom. The Morgan fingerprint density at radius 1 is 1.17 bits per heavy atom. The summed E-state index contributed by atoms with van der Waals surface area (Å²) in [5.41, 5.74) is 5.83. The van der Waals surface area contributed by atoms with Crippen LogP contribution in [0, 0.1) is 5.82 Å². The van der Waals surface area contributed by atoms with Crippen LogP contribution in [-0.4, -0.2) is 7.11 Å². The summed E-state index contributed by atoms with van der Waals surface area (Å²) in [5, 5.41) is -0.0397. The molecule has 0 aliphatic carbocycles. The molecule has 0 aliphatic rings. The third kappa shape index (κ3) is 2.65. The van der Waals surface area contributed by atoms with Gasteiger partial charge in [0.25, 0.3) is 0 Å². The van der Waals surface area contributed by atoms with E-state index in [4.69, 9.17) is 26.8 Å². The summed E-state index contributed by atoms with van der Waals surface area (Å²) in [5.74, 6) is 0.907. The van der Waals surface area contributed by atoms with Crippen LogP contribution in [0.5, 0.6) is 17.2 Å². The van der Waals surface area contributed by atoms with Crippen LogP contribution in [0.15, 0.2) is 36.4 Å². The van der Waals surface area contributed by atoms with E-state index in [2.05, 4.69) is 0 Å². The Bertz CT molecular complexity index is 575. The molecular weight excluding hydrogens is 257 g/mol. The summed E-state index contributed by atoms with van der Waals surface area (Å²) in [4.78, 5) is 0. The van der Waals surface area contributed by atoms with Gasteiger partial charge < -0.3 is 15.2 Å². The lowest BCUT2D eigenvalue weighted by Gasteiger charge is -2.10. The van der Waals surface area contributed by atoms with Gasteiger partial charge in [0.05, 0.1) is 17.8 Å². The van der Waals surface area contributed by atoms with E-state index in [1.165, 1.54) is 6.07 Å². The number of benzene rings is 2. The fraction of sp³-hybridized carbons (Fsp3) is 0.0769. The molecule has 3 nitrogen and oxygen atoms in total. The van der Waals surface area contributed by atoms with Crippen LogP contribution in [0.2, 0.25) is 5.02 Å². The predicted octanol–water partition coefficient (Wildman–Crippen LogP) is 3.86. The molecule has 0 saturated carbocycles. The summed E-state index contributed by atoms with van der Waals surface area (Å²) < 4.78 is 23.7. The Morgan fingerprint density at radius 3 is 2.61 bits per heavy atom. The van der Waals surface area contributed by atoms with Gasteiger partial charge in [-0.05, 0) is 12.1 Å². The van der Waals surface area contributed by atoms with Crippen molar-refractivity contribution in [1.82, 2.24) is 0 Å². The third-order valence-electron chi connectivity index (χ3n) is 2.32. The Kier molecular flexibility index (Phi) is 3.58. The largest absolute Gasteiger partial charge is 0.497 e. The number of rotatable bonds is 3. The molecule has 18 heavy (non-hydrogen) atoms. The standard InChI is InChI=1S/C13H11ClFNO2/c1-17-8-3-2-4-9(5-8)18-13-6-10(14)11(15)7-12(13)16/h2-7H,16H2,1H3. The monoisotopic (exact) mass is 267 g/mol. The lowest BCUT2D eigenvalue weighted by Crippen LogP contribution is -1.94. The summed E-state index contributed by atoms with van der Waals surface area (Å²) in [6.07, 6.45) is 0. The van der Waals surface area contributed by atoms with Crippen LogP contribution >= 0.6 is 11.6 Å². The van der Waals surface area contributed by atoms with Gasteiger partial charge >= 0.3 is 0 Å². The second-order valence-corrected chi connectivity index (χ2v) is 3.99.